The van der Waals surface area contributed by atoms with Crippen LogP contribution in [0.15, 0.2) is 48.5 Å². The smallest absolute Gasteiger partial charge is 0.336 e. The van der Waals surface area contributed by atoms with Crippen LogP contribution in [0.4, 0.5) is 13.2 Å². The molecule has 2 aliphatic heterocycles. The van der Waals surface area contributed by atoms with Gasteiger partial charge >= 0.3 is 6.18 Å². The topological polar surface area (TPSA) is 43.9 Å². The summed E-state index contributed by atoms with van der Waals surface area (Å²) in [6.45, 7) is 5.16. The van der Waals surface area contributed by atoms with Crippen LogP contribution in [-0.4, -0.2) is 71.8 Å². The van der Waals surface area contributed by atoms with Gasteiger partial charge in [0.05, 0.1) is 5.56 Å². The summed E-state index contributed by atoms with van der Waals surface area (Å²) in [5.74, 6) is -0.550. The van der Waals surface area contributed by atoms with Crippen LogP contribution in [0.25, 0.3) is 10.1 Å². The lowest BCUT2D eigenvalue weighted by Crippen LogP contribution is -2.64. The molecule has 0 atom stereocenters. The number of thiophene rings is 1. The number of alkyl halides is 3. The van der Waals surface area contributed by atoms with E-state index in [1.807, 2.05) is 30.0 Å². The Hall–Kier alpha value is -2.91. The predicted molar refractivity (Wildman–Crippen MR) is 125 cm³/mol. The quantitative estimate of drug-likeness (QED) is 0.546. The second kappa shape index (κ2) is 8.70. The van der Waals surface area contributed by atoms with Gasteiger partial charge in [0.1, 0.15) is 4.88 Å². The van der Waals surface area contributed by atoms with Gasteiger partial charge in [-0.15, -0.1) is 11.3 Å². The average molecular weight is 488 g/mol. The number of aryl methyl sites for hydroxylation is 1. The van der Waals surface area contributed by atoms with E-state index in [0.29, 0.717) is 49.5 Å². The summed E-state index contributed by atoms with van der Waals surface area (Å²) in [5, 5.41) is 0.0859. The van der Waals surface area contributed by atoms with Crippen LogP contribution < -0.4 is 0 Å². The zero-order chi connectivity index (χ0) is 24.0. The van der Waals surface area contributed by atoms with E-state index >= 15 is 0 Å². The third kappa shape index (κ3) is 4.18. The molecule has 0 N–H and O–H groups in total. The fourth-order valence-corrected chi connectivity index (χ4v) is 5.97. The maximum atomic E-state index is 13.8. The first-order chi connectivity index (χ1) is 16.2. The molecule has 0 saturated carbocycles. The number of rotatable bonds is 3. The molecule has 178 valence electrons. The largest absolute Gasteiger partial charge is 0.418 e. The highest BCUT2D eigenvalue weighted by Crippen LogP contribution is 2.43. The van der Waals surface area contributed by atoms with E-state index in [4.69, 9.17) is 0 Å². The molecule has 1 aromatic heterocycles. The lowest BCUT2D eigenvalue weighted by molar-refractivity contribution is -0.136. The van der Waals surface area contributed by atoms with Crippen LogP contribution in [0.5, 0.6) is 0 Å². The van der Waals surface area contributed by atoms with Crippen LogP contribution in [-0.2, 0) is 6.18 Å². The van der Waals surface area contributed by atoms with Gasteiger partial charge in [-0.05, 0) is 30.7 Å². The number of fused-ring (bicyclic) bond motifs is 1. The monoisotopic (exact) mass is 487 g/mol. The van der Waals surface area contributed by atoms with E-state index in [1.54, 1.807) is 24.3 Å². The molecule has 0 bridgehead atoms. The van der Waals surface area contributed by atoms with E-state index < -0.39 is 17.6 Å². The van der Waals surface area contributed by atoms with Gasteiger partial charge in [0, 0.05) is 61.0 Å². The number of amides is 2. The highest BCUT2D eigenvalue weighted by Gasteiger charge is 2.43. The van der Waals surface area contributed by atoms with Crippen molar-refractivity contribution in [1.82, 2.24) is 14.7 Å². The molecule has 3 aromatic rings. The van der Waals surface area contributed by atoms with Crippen LogP contribution in [0.3, 0.4) is 0 Å². The second-order valence-corrected chi connectivity index (χ2v) is 9.91. The van der Waals surface area contributed by atoms with Crippen molar-refractivity contribution < 1.29 is 22.8 Å². The minimum absolute atomic E-state index is 0.00495. The van der Waals surface area contributed by atoms with Crippen molar-refractivity contribution in [1.29, 1.82) is 0 Å². The minimum atomic E-state index is -4.59. The Morgan fingerprint density at radius 3 is 2.24 bits per heavy atom. The Kier molecular flexibility index (Phi) is 5.85. The van der Waals surface area contributed by atoms with Gasteiger partial charge < -0.3 is 9.80 Å². The Bertz CT molecular complexity index is 1230. The maximum Gasteiger partial charge on any atom is 0.418 e. The molecule has 0 radical (unpaired) electrons. The molecule has 5 rings (SSSR count). The molecule has 0 unspecified atom stereocenters. The minimum Gasteiger partial charge on any atom is -0.336 e. The van der Waals surface area contributed by atoms with Gasteiger partial charge in [0.15, 0.2) is 0 Å². The first kappa shape index (κ1) is 22.9. The molecule has 2 saturated heterocycles. The van der Waals surface area contributed by atoms with E-state index in [-0.39, 0.29) is 22.2 Å². The molecule has 2 fully saturated rings. The van der Waals surface area contributed by atoms with Crippen LogP contribution >= 0.6 is 11.3 Å². The van der Waals surface area contributed by atoms with Crippen molar-refractivity contribution in [2.75, 3.05) is 39.3 Å². The van der Waals surface area contributed by atoms with Crippen LogP contribution in [0.2, 0.25) is 0 Å². The lowest BCUT2D eigenvalue weighted by atomic mass is 10.0. The Labute approximate surface area is 199 Å². The number of piperazine rings is 1. The molecule has 3 heterocycles. The highest BCUT2D eigenvalue weighted by atomic mass is 32.1. The third-order valence-corrected chi connectivity index (χ3v) is 7.75. The number of nitrogens with zero attached hydrogens (tertiary/aromatic N) is 3. The van der Waals surface area contributed by atoms with Gasteiger partial charge in [-0.1, -0.05) is 30.3 Å². The number of likely N-dealkylation sites (tertiary alicyclic amines) is 1. The van der Waals surface area contributed by atoms with Crippen LogP contribution in [0, 0.1) is 6.92 Å². The molecule has 2 aromatic carbocycles. The molecule has 5 nitrogen and oxygen atoms in total. The summed E-state index contributed by atoms with van der Waals surface area (Å²) in [6.07, 6.45) is -4.59. The Morgan fingerprint density at radius 1 is 0.912 bits per heavy atom. The van der Waals surface area contributed by atoms with E-state index in [1.165, 1.54) is 11.0 Å². The molecular formula is C25H24F3N3O2S. The van der Waals surface area contributed by atoms with E-state index in [9.17, 15) is 22.8 Å². The first-order valence-corrected chi connectivity index (χ1v) is 12.0. The SMILES string of the molecule is Cc1ccc2c(C(F)(F)F)c(C(=O)N3CC(N4CCN(C(=O)c5ccccc5)CC4)C3)sc2c1. The summed E-state index contributed by atoms with van der Waals surface area (Å²) in [5.41, 5.74) is 0.694. The van der Waals surface area contributed by atoms with Gasteiger partial charge in [-0.3, -0.25) is 14.5 Å². The van der Waals surface area contributed by atoms with Gasteiger partial charge in [0.25, 0.3) is 11.8 Å². The Morgan fingerprint density at radius 2 is 1.59 bits per heavy atom. The summed E-state index contributed by atoms with van der Waals surface area (Å²) in [7, 11) is 0. The zero-order valence-corrected chi connectivity index (χ0v) is 19.5. The van der Waals surface area contributed by atoms with Crippen molar-refractivity contribution in [3.05, 3.63) is 70.1 Å². The van der Waals surface area contributed by atoms with E-state index in [0.717, 1.165) is 16.9 Å². The zero-order valence-electron chi connectivity index (χ0n) is 18.6. The molecule has 2 amide bonds. The highest BCUT2D eigenvalue weighted by molar-refractivity contribution is 7.21. The Balaban J connectivity index is 1.23. The van der Waals surface area contributed by atoms with Crippen molar-refractivity contribution in [2.24, 2.45) is 0 Å². The molecule has 9 heteroatoms. The molecular weight excluding hydrogens is 463 g/mol. The fraction of sp³-hybridized carbons (Fsp3) is 0.360. The predicted octanol–water partition coefficient (Wildman–Crippen LogP) is 4.51. The number of carbonyl (C=O) groups is 2. The number of hydrogen-bond acceptors (Lipinski definition) is 4. The van der Waals surface area contributed by atoms with Crippen molar-refractivity contribution >= 4 is 33.2 Å². The third-order valence-electron chi connectivity index (χ3n) is 6.61. The van der Waals surface area contributed by atoms with Crippen LogP contribution in [0.1, 0.15) is 31.2 Å². The fourth-order valence-electron chi connectivity index (χ4n) is 4.69. The summed E-state index contributed by atoms with van der Waals surface area (Å²) >= 11 is 0.920. The number of hydrogen-bond donors (Lipinski definition) is 0. The summed E-state index contributed by atoms with van der Waals surface area (Å²) < 4.78 is 42.0. The van der Waals surface area contributed by atoms with Crippen molar-refractivity contribution in [2.45, 2.75) is 19.1 Å². The number of benzene rings is 2. The second-order valence-electron chi connectivity index (χ2n) is 8.86. The molecule has 2 aliphatic rings. The van der Waals surface area contributed by atoms with Crippen molar-refractivity contribution in [3.63, 3.8) is 0 Å². The normalized spacial score (nSPS) is 17.8. The molecule has 0 spiro atoms. The van der Waals surface area contributed by atoms with Gasteiger partial charge in [-0.2, -0.15) is 13.2 Å². The average Bonchev–Trinajstić information content (AvgIpc) is 3.18. The summed E-state index contributed by atoms with van der Waals surface area (Å²) in [4.78, 5) is 31.0. The molecule has 0 aliphatic carbocycles. The summed E-state index contributed by atoms with van der Waals surface area (Å²) in [6, 6.07) is 14.0. The first-order valence-electron chi connectivity index (χ1n) is 11.2. The number of carbonyl (C=O) groups excluding carboxylic acids is 2. The number of halogens is 3. The maximum absolute atomic E-state index is 13.8. The van der Waals surface area contributed by atoms with Gasteiger partial charge in [0.2, 0.25) is 0 Å². The van der Waals surface area contributed by atoms with E-state index in [2.05, 4.69) is 4.90 Å². The standard InChI is InChI=1S/C25H24F3N3O2S/c1-16-7-8-19-20(13-16)34-22(21(19)25(26,27)28)24(33)31-14-18(15-31)29-9-11-30(12-10-29)23(32)17-5-3-2-4-6-17/h2-8,13,18H,9-12,14-15H2,1H3. The lowest BCUT2D eigenvalue weighted by Gasteiger charge is -2.48. The van der Waals surface area contributed by atoms with Gasteiger partial charge in [-0.25, -0.2) is 0 Å². The molecule has 34 heavy (non-hydrogen) atoms. The van der Waals surface area contributed by atoms with Crippen molar-refractivity contribution in [3.8, 4) is 0 Å².